The van der Waals surface area contributed by atoms with Crippen molar-refractivity contribution in [3.63, 3.8) is 0 Å². The van der Waals surface area contributed by atoms with E-state index in [9.17, 15) is 4.79 Å². The fourth-order valence-electron chi connectivity index (χ4n) is 3.91. The van der Waals surface area contributed by atoms with Crippen molar-refractivity contribution in [2.75, 3.05) is 7.11 Å². The van der Waals surface area contributed by atoms with Crippen LogP contribution in [-0.4, -0.2) is 37.6 Å². The molecule has 5 rings (SSSR count). The first kappa shape index (κ1) is 23.3. The molecule has 5 aromatic rings. The van der Waals surface area contributed by atoms with Crippen molar-refractivity contribution in [1.82, 2.24) is 29.9 Å². The number of ether oxygens (including phenoxy) is 1. The quantitative estimate of drug-likeness (QED) is 0.302. The Labute approximate surface area is 213 Å². The van der Waals surface area contributed by atoms with E-state index in [4.69, 9.17) is 22.1 Å². The van der Waals surface area contributed by atoms with E-state index >= 15 is 0 Å². The summed E-state index contributed by atoms with van der Waals surface area (Å²) in [5.74, 6) is 1.14. The Bertz CT molecular complexity index is 1520. The first-order valence-corrected chi connectivity index (χ1v) is 11.8. The van der Waals surface area contributed by atoms with Gasteiger partial charge in [0.05, 0.1) is 18.5 Å². The van der Waals surface area contributed by atoms with E-state index < -0.39 is 0 Å². The monoisotopic (exact) mass is 496 g/mol. The van der Waals surface area contributed by atoms with Gasteiger partial charge in [0.15, 0.2) is 10.6 Å². The maximum Gasteiger partial charge on any atom is 0.240 e. The van der Waals surface area contributed by atoms with Gasteiger partial charge in [0.25, 0.3) is 0 Å². The van der Waals surface area contributed by atoms with Crippen LogP contribution in [0.2, 0.25) is 0 Å². The van der Waals surface area contributed by atoms with Crippen LogP contribution in [-0.2, 0) is 17.9 Å². The lowest BCUT2D eigenvalue weighted by molar-refractivity contribution is -0.121. The van der Waals surface area contributed by atoms with E-state index in [2.05, 4.69) is 15.5 Å². The molecule has 0 atom stereocenters. The average Bonchev–Trinajstić information content (AvgIpc) is 3.52. The molecular formula is C27H24N6O2S. The SMILES string of the molecule is COc1ccc(-c2n[nH]c(=S)n2CC(=O)NCc2cn(-c3ccccc3)nc2-c2ccccc2)cc1. The van der Waals surface area contributed by atoms with Gasteiger partial charge in [-0.05, 0) is 48.6 Å². The third-order valence-corrected chi connectivity index (χ3v) is 6.05. The van der Waals surface area contributed by atoms with E-state index in [1.54, 1.807) is 11.7 Å². The summed E-state index contributed by atoms with van der Waals surface area (Å²) in [5.41, 5.74) is 4.48. The molecule has 0 fully saturated rings. The molecular weight excluding hydrogens is 472 g/mol. The highest BCUT2D eigenvalue weighted by Gasteiger charge is 2.16. The second-order valence-electron chi connectivity index (χ2n) is 8.09. The number of amides is 1. The number of carbonyl (C=O) groups excluding carboxylic acids is 1. The summed E-state index contributed by atoms with van der Waals surface area (Å²) in [5, 5.41) is 14.9. The molecule has 180 valence electrons. The lowest BCUT2D eigenvalue weighted by Crippen LogP contribution is -2.27. The minimum absolute atomic E-state index is 0.0319. The van der Waals surface area contributed by atoms with Crippen LogP contribution in [0.25, 0.3) is 28.3 Å². The molecule has 0 radical (unpaired) electrons. The number of nitrogens with one attached hydrogen (secondary N) is 2. The number of hydrogen-bond acceptors (Lipinski definition) is 5. The van der Waals surface area contributed by atoms with Crippen molar-refractivity contribution < 1.29 is 9.53 Å². The molecule has 0 saturated heterocycles. The van der Waals surface area contributed by atoms with Gasteiger partial charge in [0.1, 0.15) is 12.3 Å². The Balaban J connectivity index is 1.36. The number of carbonyl (C=O) groups is 1. The van der Waals surface area contributed by atoms with E-state index in [0.29, 0.717) is 17.1 Å². The van der Waals surface area contributed by atoms with E-state index in [0.717, 1.165) is 33.8 Å². The summed E-state index contributed by atoms with van der Waals surface area (Å²) >= 11 is 5.39. The zero-order valence-electron chi connectivity index (χ0n) is 19.6. The number of benzene rings is 3. The molecule has 0 unspecified atom stereocenters. The molecule has 36 heavy (non-hydrogen) atoms. The molecule has 2 N–H and O–H groups in total. The zero-order chi connectivity index (χ0) is 24.9. The summed E-state index contributed by atoms with van der Waals surface area (Å²) in [6.45, 7) is 0.350. The van der Waals surface area contributed by atoms with Crippen molar-refractivity contribution in [3.8, 4) is 34.1 Å². The van der Waals surface area contributed by atoms with Gasteiger partial charge in [-0.15, -0.1) is 0 Å². The zero-order valence-corrected chi connectivity index (χ0v) is 20.4. The van der Waals surface area contributed by atoms with Crippen LogP contribution in [0.1, 0.15) is 5.56 Å². The second kappa shape index (κ2) is 10.4. The number of hydrogen-bond donors (Lipinski definition) is 2. The number of methoxy groups -OCH3 is 1. The van der Waals surface area contributed by atoms with Gasteiger partial charge in [-0.25, -0.2) is 4.68 Å². The fourth-order valence-corrected chi connectivity index (χ4v) is 4.11. The molecule has 9 heteroatoms. The van der Waals surface area contributed by atoms with Crippen molar-refractivity contribution in [1.29, 1.82) is 0 Å². The topological polar surface area (TPSA) is 89.8 Å². The van der Waals surface area contributed by atoms with Crippen LogP contribution in [0.5, 0.6) is 5.75 Å². The Morgan fingerprint density at radius 3 is 2.36 bits per heavy atom. The number of aromatic nitrogens is 5. The van der Waals surface area contributed by atoms with Gasteiger partial charge in [0.2, 0.25) is 5.91 Å². The maximum absolute atomic E-state index is 13.0. The second-order valence-corrected chi connectivity index (χ2v) is 8.48. The van der Waals surface area contributed by atoms with Crippen molar-refractivity contribution in [2.24, 2.45) is 0 Å². The van der Waals surface area contributed by atoms with E-state index in [1.807, 2.05) is 95.8 Å². The Hall–Kier alpha value is -4.50. The van der Waals surface area contributed by atoms with Crippen LogP contribution in [0.3, 0.4) is 0 Å². The van der Waals surface area contributed by atoms with Crippen LogP contribution in [0, 0.1) is 4.77 Å². The normalized spacial score (nSPS) is 10.8. The molecule has 0 aliphatic heterocycles. The van der Waals surface area contributed by atoms with Crippen LogP contribution < -0.4 is 10.1 Å². The standard InChI is InChI=1S/C27H24N6O2S/c1-35-23-14-12-20(13-15-23)26-29-30-27(36)32(26)18-24(34)28-16-21-17-33(22-10-6-3-7-11-22)31-25(21)19-8-4-2-5-9-19/h2-15,17H,16,18H2,1H3,(H,28,34)(H,30,36). The average molecular weight is 497 g/mol. The Morgan fingerprint density at radius 1 is 0.972 bits per heavy atom. The predicted octanol–water partition coefficient (Wildman–Crippen LogP) is 4.79. The van der Waals surface area contributed by atoms with E-state index in [1.165, 1.54) is 0 Å². The lowest BCUT2D eigenvalue weighted by atomic mass is 10.1. The largest absolute Gasteiger partial charge is 0.497 e. The third-order valence-electron chi connectivity index (χ3n) is 5.74. The molecule has 0 aliphatic carbocycles. The minimum Gasteiger partial charge on any atom is -0.497 e. The van der Waals surface area contributed by atoms with Gasteiger partial charge in [-0.3, -0.25) is 14.5 Å². The van der Waals surface area contributed by atoms with Gasteiger partial charge in [-0.2, -0.15) is 10.2 Å². The summed E-state index contributed by atoms with van der Waals surface area (Å²) in [6.07, 6.45) is 1.95. The third kappa shape index (κ3) is 4.96. The summed E-state index contributed by atoms with van der Waals surface area (Å²) < 4.78 is 9.11. The van der Waals surface area contributed by atoms with Crippen molar-refractivity contribution in [2.45, 2.75) is 13.1 Å². The highest BCUT2D eigenvalue weighted by Crippen LogP contribution is 2.24. The fraction of sp³-hybridized carbons (Fsp3) is 0.111. The number of nitrogens with zero attached hydrogens (tertiary/aromatic N) is 4. The molecule has 2 heterocycles. The van der Waals surface area contributed by atoms with Crippen LogP contribution in [0.4, 0.5) is 0 Å². The van der Waals surface area contributed by atoms with Crippen LogP contribution >= 0.6 is 12.2 Å². The minimum atomic E-state index is -0.186. The molecule has 0 saturated carbocycles. The molecule has 8 nitrogen and oxygen atoms in total. The molecule has 0 bridgehead atoms. The van der Waals surface area contributed by atoms with Crippen molar-refractivity contribution >= 4 is 18.1 Å². The van der Waals surface area contributed by atoms with Crippen LogP contribution in [0.15, 0.2) is 91.1 Å². The summed E-state index contributed by atoms with van der Waals surface area (Å²) in [7, 11) is 1.61. The van der Waals surface area contributed by atoms with E-state index in [-0.39, 0.29) is 12.5 Å². The molecule has 2 aromatic heterocycles. The maximum atomic E-state index is 13.0. The first-order chi connectivity index (χ1) is 17.6. The van der Waals surface area contributed by atoms with Gasteiger partial charge in [-0.1, -0.05) is 48.5 Å². The lowest BCUT2D eigenvalue weighted by Gasteiger charge is -2.09. The summed E-state index contributed by atoms with van der Waals surface area (Å²) in [6, 6.07) is 27.2. The molecule has 1 amide bonds. The smallest absolute Gasteiger partial charge is 0.240 e. The first-order valence-electron chi connectivity index (χ1n) is 11.4. The van der Waals surface area contributed by atoms with Gasteiger partial charge in [0, 0.05) is 29.4 Å². The Morgan fingerprint density at radius 2 is 1.67 bits per heavy atom. The molecule has 3 aromatic carbocycles. The Kier molecular flexibility index (Phi) is 6.72. The molecule has 0 aliphatic rings. The molecule has 0 spiro atoms. The number of H-pyrrole nitrogens is 1. The number of para-hydroxylation sites is 1. The van der Waals surface area contributed by atoms with Crippen molar-refractivity contribution in [3.05, 3.63) is 101 Å². The van der Waals surface area contributed by atoms with Gasteiger partial charge < -0.3 is 10.1 Å². The highest BCUT2D eigenvalue weighted by molar-refractivity contribution is 7.71. The predicted molar refractivity (Wildman–Crippen MR) is 140 cm³/mol. The van der Waals surface area contributed by atoms with Gasteiger partial charge >= 0.3 is 0 Å². The highest BCUT2D eigenvalue weighted by atomic mass is 32.1. The summed E-state index contributed by atoms with van der Waals surface area (Å²) in [4.78, 5) is 13.0. The number of rotatable bonds is 8. The number of aromatic amines is 1.